The van der Waals surface area contributed by atoms with Crippen molar-refractivity contribution in [3.63, 3.8) is 0 Å². The fourth-order valence-electron chi connectivity index (χ4n) is 1.86. The molecule has 0 saturated carbocycles. The van der Waals surface area contributed by atoms with Crippen LogP contribution in [-0.4, -0.2) is 27.2 Å². The molecule has 21 heavy (non-hydrogen) atoms. The zero-order valence-electron chi connectivity index (χ0n) is 11.3. The Hall–Kier alpha value is -2.83. The van der Waals surface area contributed by atoms with Gasteiger partial charge in [0.1, 0.15) is 0 Å². The Morgan fingerprint density at radius 3 is 2.57 bits per heavy atom. The van der Waals surface area contributed by atoms with Crippen LogP contribution in [0.1, 0.15) is 22.8 Å². The molecule has 0 bridgehead atoms. The van der Waals surface area contributed by atoms with E-state index in [9.17, 15) is 19.5 Å². The van der Waals surface area contributed by atoms with Crippen LogP contribution in [0.25, 0.3) is 0 Å². The molecule has 7 heteroatoms. The van der Waals surface area contributed by atoms with Crippen molar-refractivity contribution >= 4 is 5.97 Å². The summed E-state index contributed by atoms with van der Waals surface area (Å²) in [6, 6.07) is 8.81. The molecule has 7 nitrogen and oxygen atoms in total. The second-order valence-electron chi connectivity index (χ2n) is 4.25. The molecule has 0 unspecified atom stereocenters. The minimum absolute atomic E-state index is 0.0122. The largest absolute Gasteiger partial charge is 0.494 e. The lowest BCUT2D eigenvalue weighted by Gasteiger charge is -2.08. The average molecular weight is 290 g/mol. The molecule has 2 N–H and O–H groups in total. The number of nitrogens with zero attached hydrogens (tertiary/aromatic N) is 1. The number of aromatic hydroxyl groups is 1. The summed E-state index contributed by atoms with van der Waals surface area (Å²) in [5, 5.41) is 9.59. The van der Waals surface area contributed by atoms with Crippen LogP contribution >= 0.6 is 0 Å². The van der Waals surface area contributed by atoms with Crippen molar-refractivity contribution in [2.45, 2.75) is 13.5 Å². The van der Waals surface area contributed by atoms with Gasteiger partial charge in [-0.25, -0.2) is 9.59 Å². The monoisotopic (exact) mass is 290 g/mol. The Balaban J connectivity index is 2.52. The molecular formula is C14H14N2O5. The fraction of sp³-hybridized carbons (Fsp3) is 0.214. The van der Waals surface area contributed by atoms with Crippen LogP contribution in [0.2, 0.25) is 0 Å². The predicted molar refractivity (Wildman–Crippen MR) is 74.5 cm³/mol. The standard InChI is InChI=1S/C14H14N2O5/c1-2-21-13(19)10-11(17)15-14(20)16(12(10)18)8-9-6-4-3-5-7-9/h3-7,17H,2,8H2,1H3,(H,15,20). The molecular weight excluding hydrogens is 276 g/mol. The van der Waals surface area contributed by atoms with E-state index in [4.69, 9.17) is 4.74 Å². The van der Waals surface area contributed by atoms with Crippen LogP contribution < -0.4 is 11.2 Å². The van der Waals surface area contributed by atoms with Crippen molar-refractivity contribution in [1.82, 2.24) is 9.55 Å². The number of esters is 1. The number of H-pyrrole nitrogens is 1. The molecule has 110 valence electrons. The summed E-state index contributed by atoms with van der Waals surface area (Å²) in [6.07, 6.45) is 0. The summed E-state index contributed by atoms with van der Waals surface area (Å²) in [6.45, 7) is 1.61. The first-order valence-electron chi connectivity index (χ1n) is 6.31. The van der Waals surface area contributed by atoms with E-state index in [1.165, 1.54) is 0 Å². The highest BCUT2D eigenvalue weighted by atomic mass is 16.5. The van der Waals surface area contributed by atoms with E-state index < -0.39 is 28.7 Å². The molecule has 2 aromatic rings. The lowest BCUT2D eigenvalue weighted by molar-refractivity contribution is 0.0518. The smallest absolute Gasteiger partial charge is 0.349 e. The first kappa shape index (κ1) is 14.6. The number of hydrogen-bond acceptors (Lipinski definition) is 5. The summed E-state index contributed by atoms with van der Waals surface area (Å²) in [5.74, 6) is -1.76. The maximum absolute atomic E-state index is 12.2. The summed E-state index contributed by atoms with van der Waals surface area (Å²) < 4.78 is 5.53. The number of benzene rings is 1. The second-order valence-corrected chi connectivity index (χ2v) is 4.25. The Morgan fingerprint density at radius 2 is 1.95 bits per heavy atom. The predicted octanol–water partition coefficient (Wildman–Crippen LogP) is 0.467. The third kappa shape index (κ3) is 3.02. The van der Waals surface area contributed by atoms with Crippen molar-refractivity contribution in [1.29, 1.82) is 0 Å². The van der Waals surface area contributed by atoms with Crippen LogP contribution in [0.15, 0.2) is 39.9 Å². The molecule has 0 radical (unpaired) electrons. The molecule has 0 fully saturated rings. The Labute approximate surface area is 119 Å². The highest BCUT2D eigenvalue weighted by Gasteiger charge is 2.21. The number of nitrogens with one attached hydrogen (secondary N) is 1. The van der Waals surface area contributed by atoms with Crippen molar-refractivity contribution in [3.05, 3.63) is 62.3 Å². The van der Waals surface area contributed by atoms with E-state index in [0.29, 0.717) is 5.56 Å². The number of carbonyl (C=O) groups is 1. The van der Waals surface area contributed by atoms with Crippen LogP contribution in [0.3, 0.4) is 0 Å². The SMILES string of the molecule is CCOC(=O)c1c(O)[nH]c(=O)n(Cc2ccccc2)c1=O. The van der Waals surface area contributed by atoms with Gasteiger partial charge in [0.2, 0.25) is 5.88 Å². The molecule has 1 aromatic carbocycles. The van der Waals surface area contributed by atoms with Crippen LogP contribution in [0, 0.1) is 0 Å². The number of ether oxygens (including phenoxy) is 1. The van der Waals surface area contributed by atoms with Gasteiger partial charge in [-0.2, -0.15) is 0 Å². The van der Waals surface area contributed by atoms with Crippen LogP contribution in [-0.2, 0) is 11.3 Å². The topological polar surface area (TPSA) is 101 Å². The molecule has 1 aromatic heterocycles. The maximum Gasteiger partial charge on any atom is 0.349 e. The lowest BCUT2D eigenvalue weighted by atomic mass is 10.2. The molecule has 0 spiro atoms. The van der Waals surface area contributed by atoms with Gasteiger partial charge in [-0.15, -0.1) is 0 Å². The molecule has 1 heterocycles. The van der Waals surface area contributed by atoms with Gasteiger partial charge in [0.15, 0.2) is 5.56 Å². The second kappa shape index (κ2) is 6.08. The van der Waals surface area contributed by atoms with Gasteiger partial charge >= 0.3 is 11.7 Å². The number of carbonyl (C=O) groups excluding carboxylic acids is 1. The van der Waals surface area contributed by atoms with E-state index in [-0.39, 0.29) is 13.2 Å². The average Bonchev–Trinajstić information content (AvgIpc) is 2.44. The summed E-state index contributed by atoms with van der Waals surface area (Å²) in [7, 11) is 0. The van der Waals surface area contributed by atoms with Crippen LogP contribution in [0.4, 0.5) is 0 Å². The summed E-state index contributed by atoms with van der Waals surface area (Å²) >= 11 is 0. The Bertz CT molecular complexity index is 761. The van der Waals surface area contributed by atoms with Gasteiger partial charge < -0.3 is 9.84 Å². The molecule has 0 atom stereocenters. The van der Waals surface area contributed by atoms with Crippen molar-refractivity contribution in [2.75, 3.05) is 6.61 Å². The van der Waals surface area contributed by atoms with Gasteiger partial charge in [0, 0.05) is 0 Å². The Kier molecular flexibility index (Phi) is 4.22. The van der Waals surface area contributed by atoms with E-state index in [0.717, 1.165) is 4.57 Å². The van der Waals surface area contributed by atoms with Crippen molar-refractivity contribution in [2.24, 2.45) is 0 Å². The van der Waals surface area contributed by atoms with Gasteiger partial charge in [-0.1, -0.05) is 30.3 Å². The zero-order chi connectivity index (χ0) is 15.4. The van der Waals surface area contributed by atoms with E-state index >= 15 is 0 Å². The minimum atomic E-state index is -0.974. The van der Waals surface area contributed by atoms with Gasteiger partial charge in [0.25, 0.3) is 5.56 Å². The molecule has 0 aliphatic carbocycles. The quantitative estimate of drug-likeness (QED) is 0.797. The number of rotatable bonds is 4. The van der Waals surface area contributed by atoms with Crippen LogP contribution in [0.5, 0.6) is 5.88 Å². The highest BCUT2D eigenvalue weighted by Crippen LogP contribution is 2.08. The molecule has 0 aliphatic rings. The molecule has 2 rings (SSSR count). The summed E-state index contributed by atoms with van der Waals surface area (Å²) in [5.41, 5.74) is -1.55. The number of aromatic nitrogens is 2. The normalized spacial score (nSPS) is 10.3. The van der Waals surface area contributed by atoms with E-state index in [1.807, 2.05) is 0 Å². The lowest BCUT2D eigenvalue weighted by Crippen LogP contribution is -2.38. The third-order valence-electron chi connectivity index (χ3n) is 2.83. The fourth-order valence-corrected chi connectivity index (χ4v) is 1.86. The molecule has 0 amide bonds. The number of hydrogen-bond donors (Lipinski definition) is 2. The van der Waals surface area contributed by atoms with Gasteiger partial charge in [-0.3, -0.25) is 14.3 Å². The van der Waals surface area contributed by atoms with Gasteiger partial charge in [0.05, 0.1) is 13.2 Å². The summed E-state index contributed by atoms with van der Waals surface area (Å²) in [4.78, 5) is 37.8. The minimum Gasteiger partial charge on any atom is -0.494 e. The van der Waals surface area contributed by atoms with Gasteiger partial charge in [-0.05, 0) is 12.5 Å². The van der Waals surface area contributed by atoms with E-state index in [1.54, 1.807) is 37.3 Å². The first-order valence-corrected chi connectivity index (χ1v) is 6.31. The van der Waals surface area contributed by atoms with E-state index in [2.05, 4.69) is 4.98 Å². The molecule has 0 aliphatic heterocycles. The maximum atomic E-state index is 12.2. The highest BCUT2D eigenvalue weighted by molar-refractivity contribution is 5.91. The van der Waals surface area contributed by atoms with Crippen molar-refractivity contribution < 1.29 is 14.6 Å². The zero-order valence-corrected chi connectivity index (χ0v) is 11.3. The Morgan fingerprint density at radius 1 is 1.29 bits per heavy atom. The number of aromatic amines is 1. The first-order chi connectivity index (χ1) is 10.0. The third-order valence-corrected chi connectivity index (χ3v) is 2.83. The molecule has 0 saturated heterocycles. The van der Waals surface area contributed by atoms with Crippen molar-refractivity contribution in [3.8, 4) is 5.88 Å².